The van der Waals surface area contributed by atoms with E-state index in [4.69, 9.17) is 4.74 Å². The first-order valence-electron chi connectivity index (χ1n) is 7.61. The summed E-state index contributed by atoms with van der Waals surface area (Å²) in [4.78, 5) is 14.0. The first-order valence-corrected chi connectivity index (χ1v) is 7.61. The summed E-state index contributed by atoms with van der Waals surface area (Å²) in [6, 6.07) is 9.30. The normalized spacial score (nSPS) is 21.0. The zero-order valence-electron chi connectivity index (χ0n) is 13.1. The van der Waals surface area contributed by atoms with E-state index in [1.807, 2.05) is 51.1 Å². The number of carbonyl (C=O) groups excluding carboxylic acids is 1. The van der Waals surface area contributed by atoms with Crippen molar-refractivity contribution >= 4 is 6.09 Å². The fraction of sp³-hybridized carbons (Fsp3) is 0.588. The van der Waals surface area contributed by atoms with Crippen molar-refractivity contribution in [2.75, 3.05) is 6.54 Å². The van der Waals surface area contributed by atoms with E-state index in [-0.39, 0.29) is 12.1 Å². The number of piperidine rings is 1. The van der Waals surface area contributed by atoms with Gasteiger partial charge in [0.25, 0.3) is 0 Å². The van der Waals surface area contributed by atoms with E-state index in [0.717, 1.165) is 24.8 Å². The van der Waals surface area contributed by atoms with Crippen LogP contribution in [0.5, 0.6) is 0 Å². The van der Waals surface area contributed by atoms with Gasteiger partial charge in [-0.1, -0.05) is 30.3 Å². The van der Waals surface area contributed by atoms with Gasteiger partial charge >= 0.3 is 6.09 Å². The Kier molecular flexibility index (Phi) is 4.88. The average Bonchev–Trinajstić information content (AvgIpc) is 2.45. The molecule has 0 bridgehead atoms. The quantitative estimate of drug-likeness (QED) is 0.907. The summed E-state index contributed by atoms with van der Waals surface area (Å²) in [5, 5.41) is 10.6. The van der Waals surface area contributed by atoms with Gasteiger partial charge in [-0.2, -0.15) is 0 Å². The number of hydrogen-bond acceptors (Lipinski definition) is 3. The fourth-order valence-electron chi connectivity index (χ4n) is 2.71. The van der Waals surface area contributed by atoms with Crippen LogP contribution in [-0.2, 0) is 4.74 Å². The van der Waals surface area contributed by atoms with E-state index < -0.39 is 11.7 Å². The highest BCUT2D eigenvalue weighted by atomic mass is 16.6. The Morgan fingerprint density at radius 2 is 1.95 bits per heavy atom. The fourth-order valence-corrected chi connectivity index (χ4v) is 2.71. The SMILES string of the molecule is CC(C)(C)OC(=O)N1CCCC[C@H]1[C@@H](O)c1ccccc1. The summed E-state index contributed by atoms with van der Waals surface area (Å²) >= 11 is 0. The number of nitrogens with zero attached hydrogens (tertiary/aromatic N) is 1. The molecule has 0 spiro atoms. The molecular formula is C17H25NO3. The van der Waals surface area contributed by atoms with Gasteiger partial charge in [0.05, 0.1) is 12.1 Å². The molecule has 1 heterocycles. The highest BCUT2D eigenvalue weighted by Gasteiger charge is 2.35. The smallest absolute Gasteiger partial charge is 0.410 e. The third-order valence-corrected chi connectivity index (χ3v) is 3.68. The molecule has 2 rings (SSSR count). The minimum absolute atomic E-state index is 0.212. The van der Waals surface area contributed by atoms with Crippen molar-refractivity contribution in [3.05, 3.63) is 35.9 Å². The van der Waals surface area contributed by atoms with Crippen molar-refractivity contribution < 1.29 is 14.6 Å². The first-order chi connectivity index (χ1) is 9.88. The molecule has 1 aliphatic heterocycles. The number of aliphatic hydroxyl groups excluding tert-OH is 1. The summed E-state index contributed by atoms with van der Waals surface area (Å²) in [7, 11) is 0. The van der Waals surface area contributed by atoms with Gasteiger partial charge in [0.15, 0.2) is 0 Å². The number of rotatable bonds is 2. The number of hydrogen-bond donors (Lipinski definition) is 1. The third kappa shape index (κ3) is 4.21. The molecule has 0 saturated carbocycles. The number of benzene rings is 1. The average molecular weight is 291 g/mol. The molecule has 0 aromatic heterocycles. The van der Waals surface area contributed by atoms with Gasteiger partial charge in [-0.15, -0.1) is 0 Å². The van der Waals surface area contributed by atoms with Gasteiger partial charge in [0, 0.05) is 6.54 Å². The maximum atomic E-state index is 12.4. The van der Waals surface area contributed by atoms with Gasteiger partial charge in [0.2, 0.25) is 0 Å². The van der Waals surface area contributed by atoms with Crippen LogP contribution in [0, 0.1) is 0 Å². The lowest BCUT2D eigenvalue weighted by molar-refractivity contribution is -0.0169. The Morgan fingerprint density at radius 3 is 2.57 bits per heavy atom. The molecule has 0 unspecified atom stereocenters. The van der Waals surface area contributed by atoms with Gasteiger partial charge in [0.1, 0.15) is 5.60 Å². The molecule has 1 N–H and O–H groups in total. The number of ether oxygens (including phenoxy) is 1. The highest BCUT2D eigenvalue weighted by molar-refractivity contribution is 5.68. The molecule has 4 heteroatoms. The van der Waals surface area contributed by atoms with Gasteiger partial charge in [-0.05, 0) is 45.6 Å². The van der Waals surface area contributed by atoms with Gasteiger partial charge < -0.3 is 14.7 Å². The maximum Gasteiger partial charge on any atom is 0.410 e. The molecule has 4 nitrogen and oxygen atoms in total. The first kappa shape index (κ1) is 15.8. The molecular weight excluding hydrogens is 266 g/mol. The number of aliphatic hydroxyl groups is 1. The lowest BCUT2D eigenvalue weighted by Crippen LogP contribution is -2.48. The maximum absolute atomic E-state index is 12.4. The molecule has 0 radical (unpaired) electrons. The van der Waals surface area contributed by atoms with E-state index in [9.17, 15) is 9.90 Å². The summed E-state index contributed by atoms with van der Waals surface area (Å²) in [6.45, 7) is 6.22. The molecule has 1 saturated heterocycles. The van der Waals surface area contributed by atoms with E-state index in [1.54, 1.807) is 4.90 Å². The number of likely N-dealkylation sites (tertiary alicyclic amines) is 1. The molecule has 1 aliphatic rings. The molecule has 1 fully saturated rings. The highest BCUT2D eigenvalue weighted by Crippen LogP contribution is 2.29. The van der Waals surface area contributed by atoms with Crippen LogP contribution in [0.3, 0.4) is 0 Å². The van der Waals surface area contributed by atoms with E-state index in [1.165, 1.54) is 0 Å². The van der Waals surface area contributed by atoms with Crippen molar-refractivity contribution in [1.82, 2.24) is 4.90 Å². The number of amides is 1. The van der Waals surface area contributed by atoms with Crippen LogP contribution in [0.25, 0.3) is 0 Å². The van der Waals surface area contributed by atoms with E-state index in [2.05, 4.69) is 0 Å². The second kappa shape index (κ2) is 6.48. The minimum atomic E-state index is -0.668. The van der Waals surface area contributed by atoms with Crippen molar-refractivity contribution in [3.8, 4) is 0 Å². The number of carbonyl (C=O) groups is 1. The zero-order valence-corrected chi connectivity index (χ0v) is 13.1. The molecule has 1 amide bonds. The standard InChI is InChI=1S/C17H25NO3/c1-17(2,3)21-16(20)18-12-8-7-11-14(18)15(19)13-9-5-4-6-10-13/h4-6,9-10,14-15,19H,7-8,11-12H2,1-3H3/t14-,15-/m0/s1. The Morgan fingerprint density at radius 1 is 1.29 bits per heavy atom. The molecule has 21 heavy (non-hydrogen) atoms. The molecule has 2 atom stereocenters. The third-order valence-electron chi connectivity index (χ3n) is 3.68. The minimum Gasteiger partial charge on any atom is -0.444 e. The zero-order chi connectivity index (χ0) is 15.5. The van der Waals surface area contributed by atoms with E-state index in [0.29, 0.717) is 6.54 Å². The second-order valence-corrected chi connectivity index (χ2v) is 6.59. The molecule has 1 aromatic rings. The van der Waals surface area contributed by atoms with Crippen molar-refractivity contribution in [2.24, 2.45) is 0 Å². The summed E-state index contributed by atoms with van der Waals surface area (Å²) in [6.07, 6.45) is 1.78. The van der Waals surface area contributed by atoms with E-state index >= 15 is 0 Å². The predicted molar refractivity (Wildman–Crippen MR) is 82.0 cm³/mol. The Hall–Kier alpha value is -1.55. The van der Waals surface area contributed by atoms with Crippen molar-refractivity contribution in [2.45, 2.75) is 57.8 Å². The summed E-state index contributed by atoms with van der Waals surface area (Å²) < 4.78 is 5.47. The molecule has 1 aromatic carbocycles. The Bertz CT molecular complexity index is 467. The predicted octanol–water partition coefficient (Wildman–Crippen LogP) is 3.51. The molecule has 116 valence electrons. The van der Waals surface area contributed by atoms with Crippen LogP contribution in [0.4, 0.5) is 4.79 Å². The van der Waals surface area contributed by atoms with Crippen LogP contribution < -0.4 is 0 Å². The monoisotopic (exact) mass is 291 g/mol. The largest absolute Gasteiger partial charge is 0.444 e. The molecule has 0 aliphatic carbocycles. The second-order valence-electron chi connectivity index (χ2n) is 6.59. The lowest BCUT2D eigenvalue weighted by atomic mass is 9.93. The van der Waals surface area contributed by atoms with Crippen LogP contribution >= 0.6 is 0 Å². The Labute approximate surface area is 126 Å². The Balaban J connectivity index is 2.13. The van der Waals surface area contributed by atoms with Gasteiger partial charge in [-0.3, -0.25) is 0 Å². The topological polar surface area (TPSA) is 49.8 Å². The van der Waals surface area contributed by atoms with Crippen LogP contribution in [-0.4, -0.2) is 34.3 Å². The van der Waals surface area contributed by atoms with Crippen LogP contribution in [0.2, 0.25) is 0 Å². The van der Waals surface area contributed by atoms with Crippen molar-refractivity contribution in [3.63, 3.8) is 0 Å². The summed E-state index contributed by atoms with van der Waals surface area (Å²) in [5.74, 6) is 0. The lowest BCUT2D eigenvalue weighted by Gasteiger charge is -2.39. The van der Waals surface area contributed by atoms with Crippen LogP contribution in [0.1, 0.15) is 51.7 Å². The van der Waals surface area contributed by atoms with Crippen LogP contribution in [0.15, 0.2) is 30.3 Å². The van der Waals surface area contributed by atoms with Gasteiger partial charge in [-0.25, -0.2) is 4.79 Å². The van der Waals surface area contributed by atoms with Crippen molar-refractivity contribution in [1.29, 1.82) is 0 Å². The summed E-state index contributed by atoms with van der Waals surface area (Å²) in [5.41, 5.74) is 0.328.